The van der Waals surface area contributed by atoms with Crippen molar-refractivity contribution in [1.82, 2.24) is 10.2 Å². The number of aliphatic hydroxyl groups is 1. The molecule has 2 amide bonds. The molecule has 0 fully saturated rings. The molecule has 0 rings (SSSR count). The second-order valence-corrected chi connectivity index (χ2v) is 3.95. The number of carboxylic acid groups (broad SMARTS) is 1. The minimum Gasteiger partial charge on any atom is -0.480 e. The first-order chi connectivity index (χ1) is 8.92. The fraction of sp³-hybridized carbons (Fsp3) is 0.727. The SMILES string of the molecule is COC(=O)CCCN(C)C(=O)N[C@H](CCO)C(=O)O. The quantitative estimate of drug-likeness (QED) is 0.511. The Morgan fingerprint density at radius 1 is 1.37 bits per heavy atom. The molecule has 0 aliphatic rings. The first-order valence-corrected chi connectivity index (χ1v) is 5.84. The van der Waals surface area contributed by atoms with Gasteiger partial charge in [0.1, 0.15) is 6.04 Å². The Morgan fingerprint density at radius 2 is 2.00 bits per heavy atom. The normalized spacial score (nSPS) is 11.5. The number of aliphatic carboxylic acids is 1. The lowest BCUT2D eigenvalue weighted by Crippen LogP contribution is -2.47. The third-order valence-electron chi connectivity index (χ3n) is 2.46. The molecule has 0 saturated heterocycles. The van der Waals surface area contributed by atoms with Crippen molar-refractivity contribution in [2.75, 3.05) is 27.3 Å². The van der Waals surface area contributed by atoms with Crippen molar-refractivity contribution in [2.24, 2.45) is 0 Å². The Kier molecular flexibility index (Phi) is 8.27. The molecule has 0 spiro atoms. The number of esters is 1. The summed E-state index contributed by atoms with van der Waals surface area (Å²) in [7, 11) is 2.77. The van der Waals surface area contributed by atoms with Crippen LogP contribution in [-0.4, -0.2) is 66.4 Å². The number of urea groups is 1. The smallest absolute Gasteiger partial charge is 0.326 e. The molecule has 0 aliphatic carbocycles. The topological polar surface area (TPSA) is 116 Å². The van der Waals surface area contributed by atoms with Gasteiger partial charge in [-0.3, -0.25) is 4.79 Å². The van der Waals surface area contributed by atoms with Crippen LogP contribution in [0.1, 0.15) is 19.3 Å². The van der Waals surface area contributed by atoms with Crippen LogP contribution in [0.2, 0.25) is 0 Å². The highest BCUT2D eigenvalue weighted by molar-refractivity contribution is 5.82. The maximum Gasteiger partial charge on any atom is 0.326 e. The average Bonchev–Trinajstić information content (AvgIpc) is 2.37. The summed E-state index contributed by atoms with van der Waals surface area (Å²) in [6.45, 7) is -0.0320. The van der Waals surface area contributed by atoms with Crippen molar-refractivity contribution in [3.8, 4) is 0 Å². The van der Waals surface area contributed by atoms with Crippen molar-refractivity contribution in [2.45, 2.75) is 25.3 Å². The van der Waals surface area contributed by atoms with Gasteiger partial charge in [-0.1, -0.05) is 0 Å². The first-order valence-electron chi connectivity index (χ1n) is 5.84. The highest BCUT2D eigenvalue weighted by Crippen LogP contribution is 1.98. The van der Waals surface area contributed by atoms with Gasteiger partial charge in [0.2, 0.25) is 0 Å². The number of amides is 2. The van der Waals surface area contributed by atoms with E-state index < -0.39 is 18.0 Å². The van der Waals surface area contributed by atoms with Gasteiger partial charge >= 0.3 is 18.0 Å². The molecular weight excluding hydrogens is 256 g/mol. The number of methoxy groups -OCH3 is 1. The number of carbonyl (C=O) groups is 3. The van der Waals surface area contributed by atoms with Gasteiger partial charge in [-0.2, -0.15) is 0 Å². The maximum atomic E-state index is 11.6. The molecule has 0 heterocycles. The molecule has 1 atom stereocenters. The van der Waals surface area contributed by atoms with Crippen molar-refractivity contribution >= 4 is 18.0 Å². The molecule has 0 radical (unpaired) electrons. The number of nitrogens with one attached hydrogen (secondary N) is 1. The highest BCUT2D eigenvalue weighted by atomic mass is 16.5. The van der Waals surface area contributed by atoms with Crippen LogP contribution in [0.4, 0.5) is 4.79 Å². The van der Waals surface area contributed by atoms with Crippen LogP contribution < -0.4 is 5.32 Å². The van der Waals surface area contributed by atoms with E-state index in [1.807, 2.05) is 0 Å². The van der Waals surface area contributed by atoms with Crippen molar-refractivity contribution in [3.05, 3.63) is 0 Å². The number of rotatable bonds is 8. The second-order valence-electron chi connectivity index (χ2n) is 3.95. The van der Waals surface area contributed by atoms with Crippen LogP contribution in [0.3, 0.4) is 0 Å². The van der Waals surface area contributed by atoms with Crippen LogP contribution in [0.15, 0.2) is 0 Å². The fourth-order valence-electron chi connectivity index (χ4n) is 1.31. The van der Waals surface area contributed by atoms with E-state index in [4.69, 9.17) is 10.2 Å². The summed E-state index contributed by atoms with van der Waals surface area (Å²) in [4.78, 5) is 34.6. The molecule has 110 valence electrons. The number of carbonyl (C=O) groups excluding carboxylic acids is 2. The van der Waals surface area contributed by atoms with E-state index in [1.165, 1.54) is 19.1 Å². The number of aliphatic hydroxyl groups excluding tert-OH is 1. The third-order valence-corrected chi connectivity index (χ3v) is 2.46. The lowest BCUT2D eigenvalue weighted by molar-refractivity contribution is -0.141. The number of ether oxygens (including phenoxy) is 1. The zero-order chi connectivity index (χ0) is 14.8. The Balaban J connectivity index is 4.10. The Hall–Kier alpha value is -1.83. The van der Waals surface area contributed by atoms with Crippen molar-refractivity contribution < 1.29 is 29.3 Å². The van der Waals surface area contributed by atoms with Gasteiger partial charge in [0.05, 0.1) is 7.11 Å². The van der Waals surface area contributed by atoms with Gasteiger partial charge in [-0.15, -0.1) is 0 Å². The second kappa shape index (κ2) is 9.15. The van der Waals surface area contributed by atoms with E-state index in [9.17, 15) is 14.4 Å². The molecular formula is C11H20N2O6. The van der Waals surface area contributed by atoms with E-state index in [2.05, 4.69) is 10.1 Å². The first kappa shape index (κ1) is 17.2. The van der Waals surface area contributed by atoms with Gasteiger partial charge < -0.3 is 25.2 Å². The largest absolute Gasteiger partial charge is 0.480 e. The fourth-order valence-corrected chi connectivity index (χ4v) is 1.31. The number of carboxylic acids is 1. The average molecular weight is 276 g/mol. The van der Waals surface area contributed by atoms with Crippen molar-refractivity contribution in [1.29, 1.82) is 0 Å². The van der Waals surface area contributed by atoms with E-state index in [1.54, 1.807) is 0 Å². The van der Waals surface area contributed by atoms with E-state index in [-0.39, 0.29) is 25.4 Å². The minimum atomic E-state index is -1.20. The maximum absolute atomic E-state index is 11.6. The molecule has 0 aromatic heterocycles. The van der Waals surface area contributed by atoms with Crippen LogP contribution in [0.25, 0.3) is 0 Å². The molecule has 0 unspecified atom stereocenters. The van der Waals surface area contributed by atoms with E-state index in [0.29, 0.717) is 13.0 Å². The number of nitrogens with zero attached hydrogens (tertiary/aromatic N) is 1. The summed E-state index contributed by atoms with van der Waals surface area (Å²) in [5, 5.41) is 19.8. The highest BCUT2D eigenvalue weighted by Gasteiger charge is 2.20. The van der Waals surface area contributed by atoms with Gasteiger partial charge in [-0.25, -0.2) is 9.59 Å². The number of hydrogen-bond acceptors (Lipinski definition) is 5. The van der Waals surface area contributed by atoms with Crippen molar-refractivity contribution in [3.63, 3.8) is 0 Å². The molecule has 3 N–H and O–H groups in total. The lowest BCUT2D eigenvalue weighted by atomic mass is 10.2. The summed E-state index contributed by atoms with van der Waals surface area (Å²) in [5.74, 6) is -1.57. The minimum absolute atomic E-state index is 0.0585. The summed E-state index contributed by atoms with van der Waals surface area (Å²) < 4.78 is 4.46. The zero-order valence-corrected chi connectivity index (χ0v) is 11.1. The van der Waals surface area contributed by atoms with Crippen LogP contribution >= 0.6 is 0 Å². The third kappa shape index (κ3) is 7.24. The Bertz CT molecular complexity index is 320. The van der Waals surface area contributed by atoms with Gasteiger partial charge in [0.25, 0.3) is 0 Å². The summed E-state index contributed by atoms with van der Waals surface area (Å²) in [6.07, 6.45) is 0.554. The molecule has 0 saturated carbocycles. The predicted octanol–water partition coefficient (Wildman–Crippen LogP) is -0.583. The van der Waals surface area contributed by atoms with E-state index in [0.717, 1.165) is 0 Å². The van der Waals surface area contributed by atoms with E-state index >= 15 is 0 Å². The van der Waals surface area contributed by atoms with Crippen LogP contribution in [0.5, 0.6) is 0 Å². The molecule has 0 aliphatic heterocycles. The molecule has 0 aromatic carbocycles. The molecule has 19 heavy (non-hydrogen) atoms. The molecule has 0 bridgehead atoms. The summed E-state index contributed by atoms with van der Waals surface area (Å²) in [5.41, 5.74) is 0. The molecule has 8 heteroatoms. The number of hydrogen-bond donors (Lipinski definition) is 3. The summed E-state index contributed by atoms with van der Waals surface area (Å²) in [6, 6.07) is -1.69. The standard InChI is InChI=1S/C11H20N2O6/c1-13(6-3-4-9(15)19-2)11(18)12-8(5-7-14)10(16)17/h8,14H,3-7H2,1-2H3,(H,12,18)(H,16,17)/t8-/m1/s1. The monoisotopic (exact) mass is 276 g/mol. The van der Waals surface area contributed by atoms with Gasteiger partial charge in [-0.05, 0) is 6.42 Å². The van der Waals surface area contributed by atoms with Gasteiger partial charge in [0, 0.05) is 33.0 Å². The summed E-state index contributed by atoms with van der Waals surface area (Å²) >= 11 is 0. The Morgan fingerprint density at radius 3 is 2.47 bits per heavy atom. The van der Waals surface area contributed by atoms with Crippen LogP contribution in [0, 0.1) is 0 Å². The Labute approximate surface area is 111 Å². The molecule has 8 nitrogen and oxygen atoms in total. The van der Waals surface area contributed by atoms with Crippen LogP contribution in [-0.2, 0) is 14.3 Å². The lowest BCUT2D eigenvalue weighted by Gasteiger charge is -2.20. The zero-order valence-electron chi connectivity index (χ0n) is 11.1. The molecule has 0 aromatic rings. The van der Waals surface area contributed by atoms with Gasteiger partial charge in [0.15, 0.2) is 0 Å². The predicted molar refractivity (Wildman–Crippen MR) is 65.5 cm³/mol.